The SMILES string of the molecule is Clc1cc2sc3c(-c4ccccc4)cccc3c2cc1Br. The van der Waals surface area contributed by atoms with Gasteiger partial charge in [0.05, 0.1) is 5.02 Å². The lowest BCUT2D eigenvalue weighted by molar-refractivity contribution is 1.67. The van der Waals surface area contributed by atoms with E-state index in [-0.39, 0.29) is 0 Å². The van der Waals surface area contributed by atoms with Gasteiger partial charge in [-0.05, 0) is 39.2 Å². The van der Waals surface area contributed by atoms with Crippen LogP contribution in [0.25, 0.3) is 31.3 Å². The molecule has 21 heavy (non-hydrogen) atoms. The molecule has 0 N–H and O–H groups in total. The van der Waals surface area contributed by atoms with E-state index >= 15 is 0 Å². The van der Waals surface area contributed by atoms with Crippen LogP contribution in [0.3, 0.4) is 0 Å². The van der Waals surface area contributed by atoms with Crippen LogP contribution in [0.15, 0.2) is 65.1 Å². The van der Waals surface area contributed by atoms with Crippen molar-refractivity contribution in [2.24, 2.45) is 0 Å². The van der Waals surface area contributed by atoms with Crippen LogP contribution in [0.1, 0.15) is 0 Å². The Balaban J connectivity index is 2.11. The lowest BCUT2D eigenvalue weighted by Gasteiger charge is -2.02. The van der Waals surface area contributed by atoms with E-state index in [9.17, 15) is 0 Å². The van der Waals surface area contributed by atoms with Gasteiger partial charge >= 0.3 is 0 Å². The molecule has 0 fully saturated rings. The third-order valence-electron chi connectivity index (χ3n) is 3.62. The number of benzene rings is 3. The Morgan fingerprint density at radius 2 is 1.67 bits per heavy atom. The molecular formula is C18H10BrClS. The van der Waals surface area contributed by atoms with Gasteiger partial charge in [-0.1, -0.05) is 60.1 Å². The van der Waals surface area contributed by atoms with Crippen molar-refractivity contribution in [1.29, 1.82) is 0 Å². The van der Waals surface area contributed by atoms with Crippen molar-refractivity contribution < 1.29 is 0 Å². The Kier molecular flexibility index (Phi) is 3.26. The second-order valence-corrected chi connectivity index (χ2v) is 7.23. The largest absolute Gasteiger partial charge is 0.134 e. The number of thiophene rings is 1. The van der Waals surface area contributed by atoms with E-state index in [4.69, 9.17) is 11.6 Å². The van der Waals surface area contributed by atoms with Crippen molar-refractivity contribution in [3.05, 3.63) is 70.2 Å². The molecule has 4 rings (SSSR count). The zero-order chi connectivity index (χ0) is 14.4. The third kappa shape index (κ3) is 2.18. The second kappa shape index (κ2) is 5.13. The van der Waals surface area contributed by atoms with Crippen LogP contribution in [0.5, 0.6) is 0 Å². The van der Waals surface area contributed by atoms with Crippen LogP contribution >= 0.6 is 38.9 Å². The van der Waals surface area contributed by atoms with E-state index in [1.54, 1.807) is 11.3 Å². The van der Waals surface area contributed by atoms with Crippen LogP contribution in [0, 0.1) is 0 Å². The number of hydrogen-bond acceptors (Lipinski definition) is 1. The topological polar surface area (TPSA) is 0 Å². The number of rotatable bonds is 1. The first kappa shape index (κ1) is 13.3. The third-order valence-corrected chi connectivity index (χ3v) is 6.02. The summed E-state index contributed by atoms with van der Waals surface area (Å²) in [5, 5.41) is 3.30. The molecule has 0 saturated heterocycles. The van der Waals surface area contributed by atoms with E-state index in [1.165, 1.54) is 31.3 Å². The van der Waals surface area contributed by atoms with Crippen molar-refractivity contribution in [3.63, 3.8) is 0 Å². The zero-order valence-corrected chi connectivity index (χ0v) is 14.1. The molecule has 0 aliphatic rings. The van der Waals surface area contributed by atoms with E-state index in [0.717, 1.165) is 9.50 Å². The van der Waals surface area contributed by atoms with Gasteiger partial charge in [-0.25, -0.2) is 0 Å². The molecule has 0 aliphatic carbocycles. The Morgan fingerprint density at radius 1 is 0.857 bits per heavy atom. The molecule has 3 aromatic carbocycles. The first-order valence-corrected chi connectivity index (χ1v) is 8.58. The standard InChI is InChI=1S/C18H10BrClS/c19-15-9-14-13-8-4-7-12(11-5-2-1-3-6-11)18(13)21-17(14)10-16(15)20/h1-10H. The Bertz CT molecular complexity index is 957. The maximum absolute atomic E-state index is 6.23. The molecular weight excluding hydrogens is 364 g/mol. The highest BCUT2D eigenvalue weighted by Crippen LogP contribution is 2.42. The van der Waals surface area contributed by atoms with Crippen LogP contribution in [0.4, 0.5) is 0 Å². The van der Waals surface area contributed by atoms with E-state index in [0.29, 0.717) is 0 Å². The van der Waals surface area contributed by atoms with E-state index < -0.39 is 0 Å². The molecule has 1 aromatic heterocycles. The molecule has 1 heterocycles. The highest BCUT2D eigenvalue weighted by atomic mass is 79.9. The number of fused-ring (bicyclic) bond motifs is 3. The fraction of sp³-hybridized carbons (Fsp3) is 0. The fourth-order valence-corrected chi connectivity index (χ4v) is 4.47. The Hall–Kier alpha value is -1.35. The predicted molar refractivity (Wildman–Crippen MR) is 97.5 cm³/mol. The molecule has 0 radical (unpaired) electrons. The molecule has 0 nitrogen and oxygen atoms in total. The van der Waals surface area contributed by atoms with Gasteiger partial charge in [0.1, 0.15) is 0 Å². The van der Waals surface area contributed by atoms with E-state index in [1.807, 2.05) is 12.1 Å². The van der Waals surface area contributed by atoms with Gasteiger partial charge in [-0.2, -0.15) is 0 Å². The molecule has 0 atom stereocenters. The minimum atomic E-state index is 0.760. The summed E-state index contributed by atoms with van der Waals surface area (Å²) in [6.45, 7) is 0. The summed E-state index contributed by atoms with van der Waals surface area (Å²) in [6.07, 6.45) is 0. The first-order valence-electron chi connectivity index (χ1n) is 6.60. The normalized spacial score (nSPS) is 11.3. The highest BCUT2D eigenvalue weighted by Gasteiger charge is 2.11. The van der Waals surface area contributed by atoms with Gasteiger partial charge in [0.2, 0.25) is 0 Å². The minimum absolute atomic E-state index is 0.760. The molecule has 0 amide bonds. The van der Waals surface area contributed by atoms with Crippen molar-refractivity contribution in [1.82, 2.24) is 0 Å². The number of hydrogen-bond donors (Lipinski definition) is 0. The lowest BCUT2D eigenvalue weighted by atomic mass is 10.0. The maximum atomic E-state index is 6.23. The second-order valence-electron chi connectivity index (χ2n) is 4.91. The quantitative estimate of drug-likeness (QED) is 0.332. The molecule has 0 unspecified atom stereocenters. The van der Waals surface area contributed by atoms with Crippen LogP contribution < -0.4 is 0 Å². The zero-order valence-electron chi connectivity index (χ0n) is 10.9. The number of halogens is 2. The molecule has 102 valence electrons. The monoisotopic (exact) mass is 372 g/mol. The van der Waals surface area contributed by atoms with Gasteiger partial charge in [0.25, 0.3) is 0 Å². The predicted octanol–water partition coefficient (Wildman–Crippen LogP) is 7.14. The molecule has 0 spiro atoms. The highest BCUT2D eigenvalue weighted by molar-refractivity contribution is 9.10. The van der Waals surface area contributed by atoms with Gasteiger partial charge in [0.15, 0.2) is 0 Å². The minimum Gasteiger partial charge on any atom is -0.134 e. The van der Waals surface area contributed by atoms with Crippen LogP contribution in [-0.4, -0.2) is 0 Å². The summed E-state index contributed by atoms with van der Waals surface area (Å²) in [5.41, 5.74) is 2.53. The van der Waals surface area contributed by atoms with Crippen molar-refractivity contribution in [3.8, 4) is 11.1 Å². The lowest BCUT2D eigenvalue weighted by Crippen LogP contribution is -1.76. The molecule has 0 bridgehead atoms. The Morgan fingerprint density at radius 3 is 2.48 bits per heavy atom. The fourth-order valence-electron chi connectivity index (χ4n) is 2.64. The first-order chi connectivity index (χ1) is 10.2. The van der Waals surface area contributed by atoms with Gasteiger partial charge in [-0.15, -0.1) is 11.3 Å². The van der Waals surface area contributed by atoms with Crippen molar-refractivity contribution >= 4 is 59.0 Å². The van der Waals surface area contributed by atoms with Crippen LogP contribution in [0.2, 0.25) is 5.02 Å². The van der Waals surface area contributed by atoms with Crippen molar-refractivity contribution in [2.75, 3.05) is 0 Å². The maximum Gasteiger partial charge on any atom is 0.0562 e. The van der Waals surface area contributed by atoms with Gasteiger partial charge < -0.3 is 0 Å². The summed E-state index contributed by atoms with van der Waals surface area (Å²) in [6, 6.07) is 21.2. The summed E-state index contributed by atoms with van der Waals surface area (Å²) >= 11 is 11.6. The smallest absolute Gasteiger partial charge is 0.0562 e. The summed E-state index contributed by atoms with van der Waals surface area (Å²) in [4.78, 5) is 0. The summed E-state index contributed by atoms with van der Waals surface area (Å²) in [5.74, 6) is 0. The average Bonchev–Trinajstić information content (AvgIpc) is 2.86. The van der Waals surface area contributed by atoms with Gasteiger partial charge in [-0.3, -0.25) is 0 Å². The van der Waals surface area contributed by atoms with Crippen molar-refractivity contribution in [2.45, 2.75) is 0 Å². The molecule has 3 heteroatoms. The average molecular weight is 374 g/mol. The summed E-state index contributed by atoms with van der Waals surface area (Å²) < 4.78 is 3.48. The summed E-state index contributed by atoms with van der Waals surface area (Å²) in [7, 11) is 0. The van der Waals surface area contributed by atoms with Gasteiger partial charge in [0, 0.05) is 24.6 Å². The Labute approximate surface area is 140 Å². The van der Waals surface area contributed by atoms with E-state index in [2.05, 4.69) is 64.5 Å². The van der Waals surface area contributed by atoms with Crippen LogP contribution in [-0.2, 0) is 0 Å². The molecule has 0 saturated carbocycles. The molecule has 0 aliphatic heterocycles. The molecule has 4 aromatic rings.